The summed E-state index contributed by atoms with van der Waals surface area (Å²) in [7, 11) is -2.19. The molecule has 2 aromatic carbocycles. The van der Waals surface area contributed by atoms with E-state index in [0.29, 0.717) is 23.6 Å². The smallest absolute Gasteiger partial charge is 0.261 e. The highest BCUT2D eigenvalue weighted by molar-refractivity contribution is 7.92. The minimum Gasteiger partial charge on any atom is -0.467 e. The van der Waals surface area contributed by atoms with E-state index in [2.05, 4.69) is 4.72 Å². The number of nitrogens with zero attached hydrogens (tertiary/aromatic N) is 1. The van der Waals surface area contributed by atoms with E-state index in [1.807, 2.05) is 0 Å². The molecule has 0 saturated carbocycles. The molecule has 0 radical (unpaired) electrons. The fraction of sp³-hybridized carbons (Fsp3) is 0.105. The van der Waals surface area contributed by atoms with Crippen molar-refractivity contribution in [3.63, 3.8) is 0 Å². The number of rotatable bonds is 6. The first-order valence-electron chi connectivity index (χ1n) is 8.01. The lowest BCUT2D eigenvalue weighted by Gasteiger charge is -2.16. The molecule has 0 saturated heterocycles. The molecule has 0 atom stereocenters. The number of carbonyl (C=O) groups is 1. The van der Waals surface area contributed by atoms with Crippen molar-refractivity contribution in [2.45, 2.75) is 11.4 Å². The van der Waals surface area contributed by atoms with E-state index in [1.54, 1.807) is 19.2 Å². The van der Waals surface area contributed by atoms with Gasteiger partial charge in [0.1, 0.15) is 11.6 Å². The summed E-state index contributed by atoms with van der Waals surface area (Å²) in [6, 6.07) is 14.1. The standard InChI is InChI=1S/C19H17FN2O4S/c1-22(13-17-3-2-12-26-17)19(23)14-4-8-16(9-5-14)21-27(24,25)18-10-6-15(20)7-11-18/h2-12,21H,13H2,1H3. The van der Waals surface area contributed by atoms with Crippen LogP contribution in [0.2, 0.25) is 0 Å². The van der Waals surface area contributed by atoms with Gasteiger partial charge in [-0.1, -0.05) is 0 Å². The molecule has 0 aliphatic rings. The van der Waals surface area contributed by atoms with Gasteiger partial charge in [0.05, 0.1) is 17.7 Å². The van der Waals surface area contributed by atoms with Gasteiger partial charge < -0.3 is 9.32 Å². The average molecular weight is 388 g/mol. The van der Waals surface area contributed by atoms with Crippen LogP contribution in [0.5, 0.6) is 0 Å². The van der Waals surface area contributed by atoms with Crippen LogP contribution in [0.15, 0.2) is 76.2 Å². The van der Waals surface area contributed by atoms with Crippen molar-refractivity contribution >= 4 is 21.6 Å². The Balaban J connectivity index is 1.69. The van der Waals surface area contributed by atoms with Crippen LogP contribution in [0.3, 0.4) is 0 Å². The van der Waals surface area contributed by atoms with Crippen LogP contribution < -0.4 is 4.72 Å². The maximum atomic E-state index is 12.9. The van der Waals surface area contributed by atoms with Crippen molar-refractivity contribution in [3.05, 3.63) is 84.1 Å². The lowest BCUT2D eigenvalue weighted by atomic mass is 10.2. The molecule has 0 aliphatic carbocycles. The van der Waals surface area contributed by atoms with Gasteiger partial charge >= 0.3 is 0 Å². The SMILES string of the molecule is CN(Cc1ccco1)C(=O)c1ccc(NS(=O)(=O)c2ccc(F)cc2)cc1. The zero-order chi connectivity index (χ0) is 19.4. The Kier molecular flexibility index (Phi) is 5.27. The molecule has 3 aromatic rings. The van der Waals surface area contributed by atoms with Crippen LogP contribution in [0.4, 0.5) is 10.1 Å². The average Bonchev–Trinajstić information content (AvgIpc) is 3.15. The first-order chi connectivity index (χ1) is 12.8. The van der Waals surface area contributed by atoms with Crippen molar-refractivity contribution < 1.29 is 22.0 Å². The van der Waals surface area contributed by atoms with Gasteiger partial charge in [0.25, 0.3) is 15.9 Å². The number of carbonyl (C=O) groups excluding carboxylic acids is 1. The third-order valence-electron chi connectivity index (χ3n) is 3.83. The molecule has 0 fully saturated rings. The van der Waals surface area contributed by atoms with Crippen molar-refractivity contribution in [2.75, 3.05) is 11.8 Å². The van der Waals surface area contributed by atoms with Crippen molar-refractivity contribution in [1.82, 2.24) is 4.90 Å². The molecule has 27 heavy (non-hydrogen) atoms. The quantitative estimate of drug-likeness (QED) is 0.701. The Labute approximate surface area is 156 Å². The molecule has 3 rings (SSSR count). The summed E-state index contributed by atoms with van der Waals surface area (Å²) >= 11 is 0. The summed E-state index contributed by atoms with van der Waals surface area (Å²) in [6.07, 6.45) is 1.54. The maximum absolute atomic E-state index is 12.9. The Morgan fingerprint density at radius 1 is 1.07 bits per heavy atom. The van der Waals surface area contributed by atoms with Crippen LogP contribution in [0.1, 0.15) is 16.1 Å². The van der Waals surface area contributed by atoms with Gasteiger partial charge in [0.15, 0.2) is 0 Å². The van der Waals surface area contributed by atoms with Gasteiger partial charge in [-0.3, -0.25) is 9.52 Å². The molecule has 6 nitrogen and oxygen atoms in total. The number of furan rings is 1. The molecule has 0 spiro atoms. The number of anilines is 1. The van der Waals surface area contributed by atoms with E-state index in [0.717, 1.165) is 12.1 Å². The number of hydrogen-bond acceptors (Lipinski definition) is 4. The number of sulfonamides is 1. The minimum atomic E-state index is -3.84. The second-order valence-corrected chi connectivity index (χ2v) is 7.56. The van der Waals surface area contributed by atoms with Gasteiger partial charge in [-0.25, -0.2) is 12.8 Å². The van der Waals surface area contributed by atoms with Crippen molar-refractivity contribution in [2.24, 2.45) is 0 Å². The van der Waals surface area contributed by atoms with Crippen LogP contribution in [0, 0.1) is 5.82 Å². The zero-order valence-electron chi connectivity index (χ0n) is 14.4. The van der Waals surface area contributed by atoms with Gasteiger partial charge in [-0.2, -0.15) is 0 Å². The molecule has 0 bridgehead atoms. The van der Waals surface area contributed by atoms with E-state index in [9.17, 15) is 17.6 Å². The second-order valence-electron chi connectivity index (χ2n) is 5.88. The highest BCUT2D eigenvalue weighted by Crippen LogP contribution is 2.18. The lowest BCUT2D eigenvalue weighted by molar-refractivity contribution is 0.0775. The summed E-state index contributed by atoms with van der Waals surface area (Å²) in [4.78, 5) is 13.9. The summed E-state index contributed by atoms with van der Waals surface area (Å²) in [6.45, 7) is 0.324. The topological polar surface area (TPSA) is 79.6 Å². The number of amides is 1. The molecule has 0 aliphatic heterocycles. The zero-order valence-corrected chi connectivity index (χ0v) is 15.2. The lowest BCUT2D eigenvalue weighted by Crippen LogP contribution is -2.26. The van der Waals surface area contributed by atoms with E-state index < -0.39 is 15.8 Å². The van der Waals surface area contributed by atoms with E-state index in [4.69, 9.17) is 4.42 Å². The van der Waals surface area contributed by atoms with E-state index in [1.165, 1.54) is 47.6 Å². The fourth-order valence-electron chi connectivity index (χ4n) is 2.44. The predicted molar refractivity (Wildman–Crippen MR) is 98.2 cm³/mol. The summed E-state index contributed by atoms with van der Waals surface area (Å²) in [5.74, 6) is -0.0793. The molecule has 1 N–H and O–H groups in total. The summed E-state index contributed by atoms with van der Waals surface area (Å²) in [5.41, 5.74) is 0.707. The minimum absolute atomic E-state index is 0.0535. The first kappa shape index (κ1) is 18.7. The Hall–Kier alpha value is -3.13. The maximum Gasteiger partial charge on any atom is 0.261 e. The Morgan fingerprint density at radius 3 is 2.33 bits per heavy atom. The van der Waals surface area contributed by atoms with E-state index >= 15 is 0 Å². The van der Waals surface area contributed by atoms with Gasteiger partial charge in [0, 0.05) is 18.3 Å². The van der Waals surface area contributed by atoms with Gasteiger partial charge in [-0.05, 0) is 60.7 Å². The second kappa shape index (κ2) is 7.63. The van der Waals surface area contributed by atoms with Crippen LogP contribution in [-0.4, -0.2) is 26.3 Å². The molecule has 1 aromatic heterocycles. The van der Waals surface area contributed by atoms with Gasteiger partial charge in [0.2, 0.25) is 0 Å². The molecule has 8 heteroatoms. The highest BCUT2D eigenvalue weighted by atomic mass is 32.2. The number of benzene rings is 2. The van der Waals surface area contributed by atoms with Crippen LogP contribution >= 0.6 is 0 Å². The number of nitrogens with one attached hydrogen (secondary N) is 1. The summed E-state index contributed by atoms with van der Waals surface area (Å²) < 4.78 is 45.2. The Bertz CT molecular complexity index is 1010. The molecule has 140 valence electrons. The molecule has 1 heterocycles. The van der Waals surface area contributed by atoms with Gasteiger partial charge in [-0.15, -0.1) is 0 Å². The molecule has 1 amide bonds. The largest absolute Gasteiger partial charge is 0.467 e. The predicted octanol–water partition coefficient (Wildman–Crippen LogP) is 3.49. The molecular weight excluding hydrogens is 371 g/mol. The molecular formula is C19H17FN2O4S. The number of halogens is 1. The number of hydrogen-bond donors (Lipinski definition) is 1. The van der Waals surface area contributed by atoms with E-state index in [-0.39, 0.29) is 10.8 Å². The monoisotopic (exact) mass is 388 g/mol. The third-order valence-corrected chi connectivity index (χ3v) is 5.23. The first-order valence-corrected chi connectivity index (χ1v) is 9.50. The highest BCUT2D eigenvalue weighted by Gasteiger charge is 2.16. The Morgan fingerprint density at radius 2 is 1.74 bits per heavy atom. The van der Waals surface area contributed by atoms with Crippen molar-refractivity contribution in [3.8, 4) is 0 Å². The fourth-order valence-corrected chi connectivity index (χ4v) is 3.50. The van der Waals surface area contributed by atoms with Crippen molar-refractivity contribution in [1.29, 1.82) is 0 Å². The van der Waals surface area contributed by atoms with Crippen LogP contribution in [-0.2, 0) is 16.6 Å². The normalized spacial score (nSPS) is 11.2. The molecule has 0 unspecified atom stereocenters. The third kappa shape index (κ3) is 4.53. The summed E-state index contributed by atoms with van der Waals surface area (Å²) in [5, 5.41) is 0. The van der Waals surface area contributed by atoms with Crippen LogP contribution in [0.25, 0.3) is 0 Å².